The van der Waals surface area contributed by atoms with Gasteiger partial charge in [0.2, 0.25) is 11.8 Å². The van der Waals surface area contributed by atoms with Crippen LogP contribution >= 0.6 is 0 Å². The molecule has 0 saturated heterocycles. The molecule has 212 valence electrons. The van der Waals surface area contributed by atoms with Gasteiger partial charge in [0, 0.05) is 31.1 Å². The number of carbonyl (C=O) groups excluding carboxylic acids is 2. The minimum atomic E-state index is -1.30. The summed E-state index contributed by atoms with van der Waals surface area (Å²) < 4.78 is 14.5. The Morgan fingerprint density at radius 2 is 1.84 bits per heavy atom. The zero-order valence-corrected chi connectivity index (χ0v) is 24.1. The average Bonchev–Trinajstić information content (AvgIpc) is 2.85. The lowest BCUT2D eigenvalue weighted by molar-refractivity contribution is -0.132. The van der Waals surface area contributed by atoms with E-state index in [2.05, 4.69) is 19.2 Å². The molecule has 3 atom stereocenters. The van der Waals surface area contributed by atoms with Gasteiger partial charge < -0.3 is 21.1 Å². The Balaban J connectivity index is 2.49. The van der Waals surface area contributed by atoms with Crippen molar-refractivity contribution in [3.05, 3.63) is 58.4 Å². The van der Waals surface area contributed by atoms with Gasteiger partial charge in [-0.2, -0.15) is 0 Å². The Kier molecular flexibility index (Phi) is 12.2. The van der Waals surface area contributed by atoms with Crippen molar-refractivity contribution in [3.8, 4) is 0 Å². The van der Waals surface area contributed by atoms with Crippen molar-refractivity contribution in [2.45, 2.75) is 79.8 Å². The molecular weight excluding hydrogens is 481 g/mol. The quantitative estimate of drug-likeness (QED) is 0.287. The number of aryl methyl sites for hydroxylation is 1. The number of nitrogens with zero attached hydrogens (tertiary/aromatic N) is 1. The number of nitrogens with two attached hydrogens (primary N) is 1. The predicted octanol–water partition coefficient (Wildman–Crippen LogP) is 4.69. The molecule has 0 fully saturated rings. The van der Waals surface area contributed by atoms with Crippen LogP contribution in [0, 0.1) is 30.0 Å². The fourth-order valence-corrected chi connectivity index (χ4v) is 5.38. The lowest BCUT2D eigenvalue weighted by Crippen LogP contribution is -2.52. The molecule has 2 rings (SSSR count). The molecule has 7 heteroatoms. The summed E-state index contributed by atoms with van der Waals surface area (Å²) in [5.41, 5.74) is 7.30. The van der Waals surface area contributed by atoms with Gasteiger partial charge in [0.05, 0.1) is 11.5 Å². The molecule has 6 nitrogen and oxygen atoms in total. The molecule has 0 aromatic heterocycles. The van der Waals surface area contributed by atoms with Crippen LogP contribution in [0.25, 0.3) is 0 Å². The summed E-state index contributed by atoms with van der Waals surface area (Å²) in [4.78, 5) is 28.7. The molecule has 0 radical (unpaired) electrons. The number of primary amides is 1. The molecule has 1 aliphatic carbocycles. The standard InChI is InChI=1S/C31H48FN3O3/c1-7-13-35(14-8-2)29(37)25-15-22(5)18-31(19-25,30(33)38)26(28(36)20-34-12-11-21(3)4)16-24-10-9-23(6)27(32)17-24/h9-10,15,17-18,21,26,28,34,36H,7-8,11-14,16,19-20H2,1-6H3,(H2,33,38)/t26-,28+,31?/m1/s1. The first-order valence-corrected chi connectivity index (χ1v) is 14.1. The van der Waals surface area contributed by atoms with E-state index in [1.165, 1.54) is 6.07 Å². The Labute approximate surface area is 228 Å². The molecule has 0 spiro atoms. The van der Waals surface area contributed by atoms with Crippen molar-refractivity contribution < 1.29 is 19.1 Å². The summed E-state index contributed by atoms with van der Waals surface area (Å²) in [5, 5.41) is 14.8. The van der Waals surface area contributed by atoms with E-state index in [4.69, 9.17) is 5.73 Å². The van der Waals surface area contributed by atoms with E-state index in [1.807, 2.05) is 43.9 Å². The number of aliphatic hydroxyl groups is 1. The van der Waals surface area contributed by atoms with Gasteiger partial charge in [-0.25, -0.2) is 4.39 Å². The van der Waals surface area contributed by atoms with Crippen molar-refractivity contribution >= 4 is 11.8 Å². The van der Waals surface area contributed by atoms with Crippen molar-refractivity contribution in [2.24, 2.45) is 23.0 Å². The number of amides is 2. The number of allylic oxidation sites excluding steroid dienone is 2. The molecule has 1 unspecified atom stereocenters. The smallest absolute Gasteiger partial charge is 0.249 e. The molecule has 4 N–H and O–H groups in total. The number of carbonyl (C=O) groups is 2. The van der Waals surface area contributed by atoms with Crippen molar-refractivity contribution in [3.63, 3.8) is 0 Å². The highest BCUT2D eigenvalue weighted by Crippen LogP contribution is 2.44. The first-order valence-electron chi connectivity index (χ1n) is 14.1. The first-order chi connectivity index (χ1) is 17.9. The maximum Gasteiger partial charge on any atom is 0.249 e. The number of nitrogens with one attached hydrogen (secondary N) is 1. The average molecular weight is 530 g/mol. The van der Waals surface area contributed by atoms with Crippen LogP contribution in [-0.2, 0) is 16.0 Å². The van der Waals surface area contributed by atoms with E-state index >= 15 is 0 Å². The molecule has 0 saturated carbocycles. The van der Waals surface area contributed by atoms with Gasteiger partial charge in [0.25, 0.3) is 0 Å². The third-order valence-electron chi connectivity index (χ3n) is 7.45. The van der Waals surface area contributed by atoms with E-state index in [-0.39, 0.29) is 31.1 Å². The third-order valence-corrected chi connectivity index (χ3v) is 7.45. The molecule has 1 aromatic rings. The van der Waals surface area contributed by atoms with Crippen molar-refractivity contribution in [1.29, 1.82) is 0 Å². The number of hydrogen-bond acceptors (Lipinski definition) is 4. The van der Waals surface area contributed by atoms with Gasteiger partial charge in [-0.1, -0.05) is 57.6 Å². The summed E-state index contributed by atoms with van der Waals surface area (Å²) in [5.74, 6) is -1.17. The number of benzene rings is 1. The Morgan fingerprint density at radius 3 is 2.39 bits per heavy atom. The zero-order chi connectivity index (χ0) is 28.5. The fourth-order valence-electron chi connectivity index (χ4n) is 5.38. The van der Waals surface area contributed by atoms with Crippen molar-refractivity contribution in [2.75, 3.05) is 26.2 Å². The first kappa shape index (κ1) is 31.7. The van der Waals surface area contributed by atoms with Crippen LogP contribution in [0.5, 0.6) is 0 Å². The Bertz CT molecular complexity index is 1010. The summed E-state index contributed by atoms with van der Waals surface area (Å²) in [6.45, 7) is 14.1. The Hall–Kier alpha value is -2.51. The molecule has 0 aliphatic heterocycles. The van der Waals surface area contributed by atoms with Gasteiger partial charge in [-0.05, 0) is 75.6 Å². The second-order valence-electron chi connectivity index (χ2n) is 11.3. The minimum absolute atomic E-state index is 0.101. The van der Waals surface area contributed by atoms with Crippen molar-refractivity contribution in [1.82, 2.24) is 10.2 Å². The maximum absolute atomic E-state index is 14.5. The van der Waals surface area contributed by atoms with Crippen LogP contribution in [0.4, 0.5) is 4.39 Å². The van der Waals surface area contributed by atoms with Gasteiger partial charge in [0.15, 0.2) is 0 Å². The molecule has 1 aliphatic rings. The van der Waals surface area contributed by atoms with E-state index in [0.717, 1.165) is 31.4 Å². The maximum atomic E-state index is 14.5. The number of hydrogen-bond donors (Lipinski definition) is 3. The second kappa shape index (κ2) is 14.6. The molecular formula is C31H48FN3O3. The SMILES string of the molecule is CCCN(CCC)C(=O)C1=CC(C)=CC(C(N)=O)([C@H](Cc2ccc(C)c(F)c2)[C@@H](O)CNCCC(C)C)C1. The highest BCUT2D eigenvalue weighted by molar-refractivity contribution is 5.96. The van der Waals surface area contributed by atoms with Crippen LogP contribution in [0.3, 0.4) is 0 Å². The van der Waals surface area contributed by atoms with E-state index in [9.17, 15) is 19.1 Å². The summed E-state index contributed by atoms with van der Waals surface area (Å²) >= 11 is 0. The molecule has 38 heavy (non-hydrogen) atoms. The Morgan fingerprint density at radius 1 is 1.18 bits per heavy atom. The monoisotopic (exact) mass is 529 g/mol. The van der Waals surface area contributed by atoms with E-state index in [0.29, 0.717) is 35.7 Å². The normalized spacial score (nSPS) is 19.1. The molecule has 1 aromatic carbocycles. The number of aliphatic hydroxyl groups excluding tert-OH is 1. The lowest BCUT2D eigenvalue weighted by atomic mass is 9.63. The summed E-state index contributed by atoms with van der Waals surface area (Å²) in [6.07, 6.45) is 5.65. The predicted molar refractivity (Wildman–Crippen MR) is 152 cm³/mol. The van der Waals surface area contributed by atoms with E-state index in [1.54, 1.807) is 13.0 Å². The minimum Gasteiger partial charge on any atom is -0.391 e. The third kappa shape index (κ3) is 8.24. The van der Waals surface area contributed by atoms with Crippen LogP contribution in [0.15, 0.2) is 41.5 Å². The number of halogens is 1. The topological polar surface area (TPSA) is 95.7 Å². The highest BCUT2D eigenvalue weighted by Gasteiger charge is 2.48. The van der Waals surface area contributed by atoms with Gasteiger partial charge >= 0.3 is 0 Å². The second-order valence-corrected chi connectivity index (χ2v) is 11.3. The summed E-state index contributed by atoms with van der Waals surface area (Å²) in [6, 6.07) is 4.99. The van der Waals surface area contributed by atoms with Crippen LogP contribution in [0.1, 0.15) is 71.4 Å². The fraction of sp³-hybridized carbons (Fsp3) is 0.613. The molecule has 0 bridgehead atoms. The highest BCUT2D eigenvalue weighted by atomic mass is 19.1. The van der Waals surface area contributed by atoms with Crippen LogP contribution in [-0.4, -0.2) is 54.1 Å². The van der Waals surface area contributed by atoms with Crippen LogP contribution < -0.4 is 11.1 Å². The largest absolute Gasteiger partial charge is 0.391 e. The number of rotatable bonds is 15. The van der Waals surface area contributed by atoms with Gasteiger partial charge in [0.1, 0.15) is 5.82 Å². The zero-order valence-electron chi connectivity index (χ0n) is 24.1. The van der Waals surface area contributed by atoms with Crippen LogP contribution in [0.2, 0.25) is 0 Å². The summed E-state index contributed by atoms with van der Waals surface area (Å²) in [7, 11) is 0. The van der Waals surface area contributed by atoms with Gasteiger partial charge in [-0.3, -0.25) is 9.59 Å². The van der Waals surface area contributed by atoms with Gasteiger partial charge in [-0.15, -0.1) is 0 Å². The molecule has 0 heterocycles. The lowest BCUT2D eigenvalue weighted by Gasteiger charge is -2.42. The van der Waals surface area contributed by atoms with E-state index < -0.39 is 23.3 Å². The molecule has 2 amide bonds.